The Labute approximate surface area is 124 Å². The molecule has 0 aromatic heterocycles. The van der Waals surface area contributed by atoms with Crippen molar-refractivity contribution in [3.8, 4) is 0 Å². The predicted octanol–water partition coefficient (Wildman–Crippen LogP) is 2.88. The van der Waals surface area contributed by atoms with Crippen LogP contribution in [0.1, 0.15) is 22.3 Å². The highest BCUT2D eigenvalue weighted by molar-refractivity contribution is 7.90. The molecule has 2 rings (SSSR count). The molecule has 0 saturated heterocycles. The monoisotopic (exact) mass is 307 g/mol. The second kappa shape index (κ2) is 5.95. The number of benzene rings is 2. The number of nitrogens with two attached hydrogens (primary N) is 1. The summed E-state index contributed by atoms with van der Waals surface area (Å²) in [6.07, 6.45) is 0. The van der Waals surface area contributed by atoms with Crippen LogP contribution in [0.25, 0.3) is 0 Å². The first-order chi connectivity index (χ1) is 9.83. The normalized spacial score (nSPS) is 11.6. The Bertz CT molecular complexity index is 770. The van der Waals surface area contributed by atoms with Crippen molar-refractivity contribution < 1.29 is 12.8 Å². The van der Waals surface area contributed by atoms with E-state index in [9.17, 15) is 12.8 Å². The Hall–Kier alpha value is -1.72. The summed E-state index contributed by atoms with van der Waals surface area (Å²) in [5, 5.41) is 0. The van der Waals surface area contributed by atoms with Gasteiger partial charge in [-0.05, 0) is 37.1 Å². The van der Waals surface area contributed by atoms with E-state index in [1.165, 1.54) is 18.2 Å². The molecule has 112 valence electrons. The van der Waals surface area contributed by atoms with Crippen molar-refractivity contribution in [1.82, 2.24) is 0 Å². The summed E-state index contributed by atoms with van der Waals surface area (Å²) in [4.78, 5) is 0.312. The fourth-order valence-electron chi connectivity index (χ4n) is 2.32. The van der Waals surface area contributed by atoms with Gasteiger partial charge in [0.05, 0.1) is 10.6 Å². The summed E-state index contributed by atoms with van der Waals surface area (Å²) < 4.78 is 38.4. The minimum absolute atomic E-state index is 0.0449. The number of hydrogen-bond acceptors (Lipinski definition) is 3. The summed E-state index contributed by atoms with van der Waals surface area (Å²) in [5.41, 5.74) is 8.04. The van der Waals surface area contributed by atoms with E-state index in [-0.39, 0.29) is 12.3 Å². The van der Waals surface area contributed by atoms with E-state index in [1.54, 1.807) is 19.1 Å². The van der Waals surface area contributed by atoms with Crippen molar-refractivity contribution in [2.75, 3.05) is 0 Å². The molecule has 0 aliphatic rings. The second-order valence-corrected chi connectivity index (χ2v) is 7.12. The summed E-state index contributed by atoms with van der Waals surface area (Å²) in [6, 6.07) is 9.48. The molecule has 0 heterocycles. The van der Waals surface area contributed by atoms with Crippen LogP contribution in [-0.2, 0) is 22.1 Å². The Morgan fingerprint density at radius 3 is 2.43 bits per heavy atom. The van der Waals surface area contributed by atoms with Gasteiger partial charge in [0.15, 0.2) is 9.84 Å². The predicted molar refractivity (Wildman–Crippen MR) is 81.1 cm³/mol. The molecule has 0 radical (unpaired) electrons. The summed E-state index contributed by atoms with van der Waals surface area (Å²) in [5.74, 6) is -0.574. The smallest absolute Gasteiger partial charge is 0.182 e. The van der Waals surface area contributed by atoms with Crippen molar-refractivity contribution in [1.29, 1.82) is 0 Å². The molecular formula is C16H18FNO2S. The maximum atomic E-state index is 13.4. The molecule has 2 N–H and O–H groups in total. The standard InChI is InChI=1S/C16H18FNO2S/c1-11-3-6-16(12(2)7-11)21(19,20)10-13-4-5-15(17)14(8-13)9-18/h3-8H,9-10,18H2,1-2H3. The number of sulfone groups is 1. The number of hydrogen-bond donors (Lipinski definition) is 1. The van der Waals surface area contributed by atoms with Crippen molar-refractivity contribution in [3.63, 3.8) is 0 Å². The van der Waals surface area contributed by atoms with E-state index in [1.807, 2.05) is 13.0 Å². The summed E-state index contributed by atoms with van der Waals surface area (Å²) in [7, 11) is -3.46. The van der Waals surface area contributed by atoms with Gasteiger partial charge in [0, 0.05) is 12.1 Å². The molecule has 0 aliphatic heterocycles. The van der Waals surface area contributed by atoms with Crippen LogP contribution in [0.2, 0.25) is 0 Å². The van der Waals surface area contributed by atoms with Gasteiger partial charge >= 0.3 is 0 Å². The highest BCUT2D eigenvalue weighted by atomic mass is 32.2. The summed E-state index contributed by atoms with van der Waals surface area (Å²) >= 11 is 0. The van der Waals surface area contributed by atoms with Gasteiger partial charge in [0.25, 0.3) is 0 Å². The molecule has 2 aromatic rings. The number of aryl methyl sites for hydroxylation is 2. The van der Waals surface area contributed by atoms with Gasteiger partial charge in [-0.15, -0.1) is 0 Å². The Morgan fingerprint density at radius 2 is 1.81 bits per heavy atom. The van der Waals surface area contributed by atoms with Crippen LogP contribution < -0.4 is 5.73 Å². The molecule has 0 amide bonds. The topological polar surface area (TPSA) is 60.2 Å². The highest BCUT2D eigenvalue weighted by Gasteiger charge is 2.18. The van der Waals surface area contributed by atoms with Crippen LogP contribution in [0, 0.1) is 19.7 Å². The van der Waals surface area contributed by atoms with Crippen LogP contribution in [0.3, 0.4) is 0 Å². The van der Waals surface area contributed by atoms with Crippen LogP contribution in [0.4, 0.5) is 4.39 Å². The zero-order valence-electron chi connectivity index (χ0n) is 12.1. The van der Waals surface area contributed by atoms with Crippen LogP contribution >= 0.6 is 0 Å². The largest absolute Gasteiger partial charge is 0.326 e. The molecule has 0 spiro atoms. The zero-order valence-corrected chi connectivity index (χ0v) is 12.9. The lowest BCUT2D eigenvalue weighted by Crippen LogP contribution is -2.08. The molecule has 0 aliphatic carbocycles. The molecular weight excluding hydrogens is 289 g/mol. The van der Waals surface area contributed by atoms with Crippen molar-refractivity contribution >= 4 is 9.84 Å². The van der Waals surface area contributed by atoms with Gasteiger partial charge in [0.2, 0.25) is 0 Å². The third kappa shape index (κ3) is 3.49. The minimum Gasteiger partial charge on any atom is -0.326 e. The lowest BCUT2D eigenvalue weighted by molar-refractivity contribution is 0.593. The Balaban J connectivity index is 2.37. The van der Waals surface area contributed by atoms with Gasteiger partial charge in [-0.2, -0.15) is 0 Å². The molecule has 0 atom stereocenters. The minimum atomic E-state index is -3.46. The molecule has 0 unspecified atom stereocenters. The van der Waals surface area contributed by atoms with E-state index in [0.717, 1.165) is 11.1 Å². The fraction of sp³-hybridized carbons (Fsp3) is 0.250. The Morgan fingerprint density at radius 1 is 1.10 bits per heavy atom. The van der Waals surface area contributed by atoms with Gasteiger partial charge in [-0.3, -0.25) is 0 Å². The molecule has 0 bridgehead atoms. The van der Waals surface area contributed by atoms with E-state index in [2.05, 4.69) is 0 Å². The first kappa shape index (κ1) is 15.7. The molecule has 2 aromatic carbocycles. The van der Waals surface area contributed by atoms with Gasteiger partial charge in [-0.1, -0.05) is 29.8 Å². The third-order valence-electron chi connectivity index (χ3n) is 3.35. The second-order valence-electron chi connectivity index (χ2n) is 5.16. The molecule has 0 fully saturated rings. The first-order valence-electron chi connectivity index (χ1n) is 6.61. The molecule has 5 heteroatoms. The van der Waals surface area contributed by atoms with Crippen LogP contribution in [-0.4, -0.2) is 8.42 Å². The van der Waals surface area contributed by atoms with Gasteiger partial charge in [-0.25, -0.2) is 12.8 Å². The van der Waals surface area contributed by atoms with Crippen molar-refractivity contribution in [2.45, 2.75) is 31.0 Å². The van der Waals surface area contributed by atoms with E-state index >= 15 is 0 Å². The van der Waals surface area contributed by atoms with Gasteiger partial charge < -0.3 is 5.73 Å². The third-order valence-corrected chi connectivity index (χ3v) is 5.19. The lowest BCUT2D eigenvalue weighted by Gasteiger charge is -2.10. The SMILES string of the molecule is Cc1ccc(S(=O)(=O)Cc2ccc(F)c(CN)c2)c(C)c1. The molecule has 0 saturated carbocycles. The zero-order chi connectivity index (χ0) is 15.6. The average molecular weight is 307 g/mol. The van der Waals surface area contributed by atoms with Crippen molar-refractivity contribution in [2.24, 2.45) is 5.73 Å². The molecule has 21 heavy (non-hydrogen) atoms. The number of rotatable bonds is 4. The molecule has 3 nitrogen and oxygen atoms in total. The average Bonchev–Trinajstić information content (AvgIpc) is 2.40. The van der Waals surface area contributed by atoms with E-state index in [4.69, 9.17) is 5.73 Å². The van der Waals surface area contributed by atoms with E-state index < -0.39 is 15.7 Å². The maximum Gasteiger partial charge on any atom is 0.182 e. The number of halogens is 1. The van der Waals surface area contributed by atoms with Crippen molar-refractivity contribution in [3.05, 3.63) is 64.5 Å². The highest BCUT2D eigenvalue weighted by Crippen LogP contribution is 2.22. The first-order valence-corrected chi connectivity index (χ1v) is 8.26. The van der Waals surface area contributed by atoms with Crippen LogP contribution in [0.5, 0.6) is 0 Å². The van der Waals surface area contributed by atoms with Gasteiger partial charge in [0.1, 0.15) is 5.82 Å². The Kier molecular flexibility index (Phi) is 4.44. The van der Waals surface area contributed by atoms with E-state index in [0.29, 0.717) is 16.0 Å². The summed E-state index contributed by atoms with van der Waals surface area (Å²) in [6.45, 7) is 3.73. The van der Waals surface area contributed by atoms with Crippen LogP contribution in [0.15, 0.2) is 41.3 Å². The maximum absolute atomic E-state index is 13.4. The lowest BCUT2D eigenvalue weighted by atomic mass is 10.1. The fourth-order valence-corrected chi connectivity index (χ4v) is 3.92. The quantitative estimate of drug-likeness (QED) is 0.945.